The average Bonchev–Trinajstić information content (AvgIpc) is 2.85. The van der Waals surface area contributed by atoms with Gasteiger partial charge in [0.2, 0.25) is 0 Å². The van der Waals surface area contributed by atoms with Crippen molar-refractivity contribution in [2.45, 2.75) is 25.7 Å². The second-order valence-electron chi connectivity index (χ2n) is 8.23. The molecule has 1 saturated heterocycles. The van der Waals surface area contributed by atoms with Crippen LogP contribution in [-0.4, -0.2) is 31.4 Å². The average molecular weight is 462 g/mol. The third kappa shape index (κ3) is 6.14. The number of rotatable bonds is 7. The standard InChI is InChI=1S/C27H28ClN3O2/c28-22-11-9-21(10-12-22)26(32)30-23-13-14-25(31-17-5-2-6-18-31)24(19-23)27(33)29-16-15-20-7-3-1-4-8-20/h1,3-4,7-14,19H,2,5-6,15-18H2,(H,29,33)(H,30,32). The summed E-state index contributed by atoms with van der Waals surface area (Å²) >= 11 is 5.92. The highest BCUT2D eigenvalue weighted by Gasteiger charge is 2.20. The maximum absolute atomic E-state index is 13.2. The fourth-order valence-corrected chi connectivity index (χ4v) is 4.20. The van der Waals surface area contributed by atoms with E-state index in [-0.39, 0.29) is 11.8 Å². The minimum atomic E-state index is -0.243. The minimum absolute atomic E-state index is 0.130. The molecule has 0 atom stereocenters. The first-order chi connectivity index (χ1) is 16.1. The minimum Gasteiger partial charge on any atom is -0.371 e. The van der Waals surface area contributed by atoms with Crippen molar-refractivity contribution in [2.24, 2.45) is 0 Å². The molecule has 0 radical (unpaired) electrons. The molecule has 0 saturated carbocycles. The van der Waals surface area contributed by atoms with Crippen molar-refractivity contribution < 1.29 is 9.59 Å². The number of hydrogen-bond acceptors (Lipinski definition) is 3. The lowest BCUT2D eigenvalue weighted by Crippen LogP contribution is -2.33. The van der Waals surface area contributed by atoms with Crippen molar-refractivity contribution in [1.82, 2.24) is 5.32 Å². The first-order valence-corrected chi connectivity index (χ1v) is 11.8. The zero-order valence-electron chi connectivity index (χ0n) is 18.5. The Kier molecular flexibility index (Phi) is 7.63. The highest BCUT2D eigenvalue weighted by atomic mass is 35.5. The van der Waals surface area contributed by atoms with Crippen molar-refractivity contribution in [3.05, 3.63) is 94.5 Å². The summed E-state index contributed by atoms with van der Waals surface area (Å²) in [5.74, 6) is -0.373. The van der Waals surface area contributed by atoms with E-state index < -0.39 is 0 Å². The van der Waals surface area contributed by atoms with Gasteiger partial charge in [0.1, 0.15) is 0 Å². The Balaban J connectivity index is 1.51. The lowest BCUT2D eigenvalue weighted by molar-refractivity contribution is 0.0953. The topological polar surface area (TPSA) is 61.4 Å². The molecule has 3 aromatic rings. The van der Waals surface area contributed by atoms with Crippen LogP contribution in [0.5, 0.6) is 0 Å². The summed E-state index contributed by atoms with van der Waals surface area (Å²) in [5, 5.41) is 6.53. The maximum Gasteiger partial charge on any atom is 0.255 e. The molecular weight excluding hydrogens is 434 g/mol. The van der Waals surface area contributed by atoms with Gasteiger partial charge < -0.3 is 15.5 Å². The van der Waals surface area contributed by atoms with E-state index in [9.17, 15) is 9.59 Å². The van der Waals surface area contributed by atoms with Gasteiger partial charge in [0.25, 0.3) is 11.8 Å². The first kappa shape index (κ1) is 22.9. The van der Waals surface area contributed by atoms with Gasteiger partial charge in [0.15, 0.2) is 0 Å². The summed E-state index contributed by atoms with van der Waals surface area (Å²) in [6.45, 7) is 2.41. The van der Waals surface area contributed by atoms with Gasteiger partial charge in [-0.1, -0.05) is 41.9 Å². The summed E-state index contributed by atoms with van der Waals surface area (Å²) in [6.07, 6.45) is 4.21. The maximum atomic E-state index is 13.2. The van der Waals surface area contributed by atoms with Crippen molar-refractivity contribution in [1.29, 1.82) is 0 Å². The number of nitrogens with zero attached hydrogens (tertiary/aromatic N) is 1. The van der Waals surface area contributed by atoms with Crippen LogP contribution in [0.15, 0.2) is 72.8 Å². The molecule has 1 fully saturated rings. The number of anilines is 2. The molecule has 4 rings (SSSR count). The SMILES string of the molecule is O=C(Nc1ccc(N2CCCCC2)c(C(=O)NCCc2ccccc2)c1)c1ccc(Cl)cc1. The first-order valence-electron chi connectivity index (χ1n) is 11.4. The molecule has 0 aliphatic carbocycles. The Morgan fingerprint density at radius 2 is 1.58 bits per heavy atom. The van der Waals surface area contributed by atoms with Gasteiger partial charge in [-0.25, -0.2) is 0 Å². The summed E-state index contributed by atoms with van der Waals surface area (Å²) in [4.78, 5) is 28.1. The van der Waals surface area contributed by atoms with Crippen LogP contribution >= 0.6 is 11.6 Å². The van der Waals surface area contributed by atoms with Gasteiger partial charge in [0.05, 0.1) is 5.56 Å². The fraction of sp³-hybridized carbons (Fsp3) is 0.259. The smallest absolute Gasteiger partial charge is 0.255 e. The van der Waals surface area contributed by atoms with E-state index in [1.165, 1.54) is 12.0 Å². The van der Waals surface area contributed by atoms with Crippen molar-refractivity contribution in [3.63, 3.8) is 0 Å². The summed E-state index contributed by atoms with van der Waals surface area (Å²) in [6, 6.07) is 22.4. The molecule has 0 unspecified atom stereocenters. The summed E-state index contributed by atoms with van der Waals surface area (Å²) < 4.78 is 0. The zero-order valence-corrected chi connectivity index (χ0v) is 19.3. The highest BCUT2D eigenvalue weighted by Crippen LogP contribution is 2.27. The molecule has 170 valence electrons. The number of carbonyl (C=O) groups is 2. The fourth-order valence-electron chi connectivity index (χ4n) is 4.07. The largest absolute Gasteiger partial charge is 0.371 e. The Hall–Kier alpha value is -3.31. The normalized spacial score (nSPS) is 13.4. The quantitative estimate of drug-likeness (QED) is 0.484. The van der Waals surface area contributed by atoms with E-state index in [2.05, 4.69) is 27.7 Å². The second kappa shape index (κ2) is 11.0. The van der Waals surface area contributed by atoms with Crippen LogP contribution < -0.4 is 15.5 Å². The van der Waals surface area contributed by atoms with Crippen LogP contribution in [0, 0.1) is 0 Å². The second-order valence-corrected chi connectivity index (χ2v) is 8.67. The molecule has 2 N–H and O–H groups in total. The van der Waals surface area contributed by atoms with Crippen molar-refractivity contribution in [3.8, 4) is 0 Å². The molecule has 0 aromatic heterocycles. The Morgan fingerprint density at radius 3 is 2.30 bits per heavy atom. The van der Waals surface area contributed by atoms with Crippen LogP contribution in [0.4, 0.5) is 11.4 Å². The van der Waals surface area contributed by atoms with Gasteiger partial charge in [0, 0.05) is 41.6 Å². The Labute approximate surface area is 199 Å². The number of halogens is 1. The van der Waals surface area contributed by atoms with Crippen molar-refractivity contribution >= 4 is 34.8 Å². The van der Waals surface area contributed by atoms with Crippen LogP contribution in [0.25, 0.3) is 0 Å². The van der Waals surface area contributed by atoms with Crippen molar-refractivity contribution in [2.75, 3.05) is 29.9 Å². The molecule has 2 amide bonds. The molecule has 1 aliphatic rings. The number of carbonyl (C=O) groups excluding carboxylic acids is 2. The Bertz CT molecular complexity index is 1090. The molecule has 0 bridgehead atoms. The third-order valence-electron chi connectivity index (χ3n) is 5.84. The van der Waals surface area contributed by atoms with E-state index in [4.69, 9.17) is 11.6 Å². The Morgan fingerprint density at radius 1 is 0.848 bits per heavy atom. The zero-order chi connectivity index (χ0) is 23.0. The molecule has 33 heavy (non-hydrogen) atoms. The van der Waals surface area contributed by atoms with Gasteiger partial charge in [-0.3, -0.25) is 9.59 Å². The summed E-state index contributed by atoms with van der Waals surface area (Å²) in [7, 11) is 0. The van der Waals surface area contributed by atoms with Crippen LogP contribution in [0.2, 0.25) is 5.02 Å². The third-order valence-corrected chi connectivity index (χ3v) is 6.10. The van der Waals surface area contributed by atoms with Gasteiger partial charge in [-0.2, -0.15) is 0 Å². The number of hydrogen-bond donors (Lipinski definition) is 2. The number of nitrogens with one attached hydrogen (secondary N) is 2. The molecule has 3 aromatic carbocycles. The van der Waals surface area contributed by atoms with E-state index in [1.54, 1.807) is 30.3 Å². The van der Waals surface area contributed by atoms with E-state index >= 15 is 0 Å². The summed E-state index contributed by atoms with van der Waals surface area (Å²) in [5.41, 5.74) is 3.77. The lowest BCUT2D eigenvalue weighted by Gasteiger charge is -2.30. The predicted molar refractivity (Wildman–Crippen MR) is 134 cm³/mol. The highest BCUT2D eigenvalue weighted by molar-refractivity contribution is 6.30. The molecular formula is C27H28ClN3O2. The van der Waals surface area contributed by atoms with Crippen LogP contribution in [0.1, 0.15) is 45.5 Å². The predicted octanol–water partition coefficient (Wildman–Crippen LogP) is 5.56. The molecule has 6 heteroatoms. The van der Waals surface area contributed by atoms with E-state index in [0.717, 1.165) is 38.0 Å². The molecule has 1 heterocycles. The van der Waals surface area contributed by atoms with E-state index in [0.29, 0.717) is 28.4 Å². The monoisotopic (exact) mass is 461 g/mol. The van der Waals surface area contributed by atoms with Crippen LogP contribution in [0.3, 0.4) is 0 Å². The van der Waals surface area contributed by atoms with E-state index in [1.807, 2.05) is 30.3 Å². The number of amides is 2. The lowest BCUT2D eigenvalue weighted by atomic mass is 10.1. The van der Waals surface area contributed by atoms with Gasteiger partial charge in [-0.05, 0) is 73.7 Å². The molecule has 1 aliphatic heterocycles. The van der Waals surface area contributed by atoms with Gasteiger partial charge in [-0.15, -0.1) is 0 Å². The molecule has 0 spiro atoms. The molecule has 5 nitrogen and oxygen atoms in total. The number of piperidine rings is 1. The van der Waals surface area contributed by atoms with Crippen LogP contribution in [-0.2, 0) is 6.42 Å². The number of benzene rings is 3. The van der Waals surface area contributed by atoms with Gasteiger partial charge >= 0.3 is 0 Å².